The predicted octanol–water partition coefficient (Wildman–Crippen LogP) is -1.88. The quantitative estimate of drug-likeness (QED) is 0.340. The summed E-state index contributed by atoms with van der Waals surface area (Å²) in [5.74, 6) is 0. The molecule has 8 nitrogen and oxygen atoms in total. The molecule has 0 saturated heterocycles. The Morgan fingerprint density at radius 1 is 1.50 bits per heavy atom. The van der Waals surface area contributed by atoms with Gasteiger partial charge in [-0.05, 0) is 10.4 Å². The molecule has 0 spiro atoms. The van der Waals surface area contributed by atoms with Gasteiger partial charge in [0.05, 0.1) is 0 Å². The van der Waals surface area contributed by atoms with E-state index < -0.39 is 6.09 Å². The highest BCUT2D eigenvalue weighted by Crippen LogP contribution is 1.34. The SMILES string of the molecule is NC(=O)O.O=c1[nH]nn[nH]1. The van der Waals surface area contributed by atoms with Gasteiger partial charge in [-0.2, -0.15) is 0 Å². The molecule has 1 heterocycles. The molecule has 56 valence electrons. The maximum atomic E-state index is 9.83. The second-order valence-corrected chi connectivity index (χ2v) is 1.09. The molecule has 0 aromatic carbocycles. The van der Waals surface area contributed by atoms with Crippen LogP contribution in [-0.4, -0.2) is 31.8 Å². The molecule has 0 saturated carbocycles. The first-order valence-electron chi connectivity index (χ1n) is 2.07. The van der Waals surface area contributed by atoms with E-state index in [9.17, 15) is 4.79 Å². The second-order valence-electron chi connectivity index (χ2n) is 1.09. The van der Waals surface area contributed by atoms with Crippen molar-refractivity contribution in [3.63, 3.8) is 0 Å². The van der Waals surface area contributed by atoms with E-state index in [-0.39, 0.29) is 5.69 Å². The first-order valence-corrected chi connectivity index (χ1v) is 2.07. The Morgan fingerprint density at radius 2 is 1.80 bits per heavy atom. The van der Waals surface area contributed by atoms with Crippen LogP contribution in [0.5, 0.6) is 0 Å². The van der Waals surface area contributed by atoms with Crippen LogP contribution in [0.2, 0.25) is 0 Å². The van der Waals surface area contributed by atoms with E-state index in [1.807, 2.05) is 10.2 Å². The van der Waals surface area contributed by atoms with Crippen LogP contribution in [0.25, 0.3) is 0 Å². The van der Waals surface area contributed by atoms with Crippen molar-refractivity contribution in [1.82, 2.24) is 20.6 Å². The number of nitrogens with zero attached hydrogens (tertiary/aromatic N) is 2. The van der Waals surface area contributed by atoms with Gasteiger partial charge in [0, 0.05) is 0 Å². The highest BCUT2D eigenvalue weighted by atomic mass is 16.4. The molecule has 5 N–H and O–H groups in total. The number of tetrazole rings is 1. The van der Waals surface area contributed by atoms with Crippen molar-refractivity contribution >= 4 is 6.09 Å². The monoisotopic (exact) mass is 147 g/mol. The number of nitrogens with one attached hydrogen (secondary N) is 2. The van der Waals surface area contributed by atoms with Crippen LogP contribution in [0.4, 0.5) is 4.79 Å². The van der Waals surface area contributed by atoms with Crippen molar-refractivity contribution in [3.8, 4) is 0 Å². The number of H-pyrrole nitrogens is 2. The van der Waals surface area contributed by atoms with E-state index >= 15 is 0 Å². The van der Waals surface area contributed by atoms with Crippen molar-refractivity contribution in [2.75, 3.05) is 0 Å². The molecule has 1 aromatic rings. The molecular formula is C2H5N5O3. The van der Waals surface area contributed by atoms with E-state index in [2.05, 4.69) is 16.2 Å². The molecule has 0 unspecified atom stereocenters. The lowest BCUT2D eigenvalue weighted by Gasteiger charge is -1.61. The lowest BCUT2D eigenvalue weighted by Crippen LogP contribution is -2.03. The van der Waals surface area contributed by atoms with Gasteiger partial charge in [-0.1, -0.05) is 0 Å². The third kappa shape index (κ3) is 6.14. The normalized spacial score (nSPS) is 7.60. The van der Waals surface area contributed by atoms with Crippen molar-refractivity contribution in [3.05, 3.63) is 10.5 Å². The fourth-order valence-corrected chi connectivity index (χ4v) is 0.166. The maximum absolute atomic E-state index is 9.83. The van der Waals surface area contributed by atoms with Gasteiger partial charge in [0.1, 0.15) is 0 Å². The standard InChI is InChI=1S/CH2N4O.CH3NO2/c6-1-2-4-5-3-1;2-1(3)4/h(H2,2,3,4,5,6);2H2,(H,3,4). The van der Waals surface area contributed by atoms with E-state index in [1.54, 1.807) is 0 Å². The predicted molar refractivity (Wildman–Crippen MR) is 29.2 cm³/mol. The Hall–Kier alpha value is -1.86. The molecule has 0 fully saturated rings. The van der Waals surface area contributed by atoms with E-state index in [0.29, 0.717) is 0 Å². The average molecular weight is 147 g/mol. The van der Waals surface area contributed by atoms with Crippen molar-refractivity contribution < 1.29 is 9.90 Å². The minimum atomic E-state index is -1.33. The van der Waals surface area contributed by atoms with E-state index in [0.717, 1.165) is 0 Å². The molecule has 1 rings (SSSR count). The van der Waals surface area contributed by atoms with Crippen LogP contribution >= 0.6 is 0 Å². The van der Waals surface area contributed by atoms with Crippen LogP contribution in [0, 0.1) is 0 Å². The topological polar surface area (TPSA) is 138 Å². The summed E-state index contributed by atoms with van der Waals surface area (Å²) >= 11 is 0. The van der Waals surface area contributed by atoms with Gasteiger partial charge in [-0.3, -0.25) is 0 Å². The Labute approximate surface area is 54.0 Å². The lowest BCUT2D eigenvalue weighted by molar-refractivity contribution is 0.205. The second kappa shape index (κ2) is 4.06. The molecule has 8 heteroatoms. The Balaban J connectivity index is 0.000000180. The number of aromatic nitrogens is 4. The summed E-state index contributed by atoms with van der Waals surface area (Å²) in [5.41, 5.74) is 3.65. The molecule has 1 aromatic heterocycles. The molecule has 0 bridgehead atoms. The minimum Gasteiger partial charge on any atom is -0.465 e. The first kappa shape index (κ1) is 8.14. The number of aromatic amines is 2. The van der Waals surface area contributed by atoms with E-state index in [4.69, 9.17) is 9.90 Å². The summed E-state index contributed by atoms with van der Waals surface area (Å²) in [4.78, 5) is 18.6. The zero-order chi connectivity index (χ0) is 7.98. The number of hydrogen-bond acceptors (Lipinski definition) is 4. The highest BCUT2D eigenvalue weighted by Gasteiger charge is 1.72. The minimum absolute atomic E-state index is 0.380. The van der Waals surface area contributed by atoms with Gasteiger partial charge in [0.2, 0.25) is 0 Å². The zero-order valence-electron chi connectivity index (χ0n) is 4.74. The summed E-state index contributed by atoms with van der Waals surface area (Å²) in [6, 6.07) is 0. The smallest absolute Gasteiger partial charge is 0.402 e. The number of rotatable bonds is 0. The van der Waals surface area contributed by atoms with Crippen molar-refractivity contribution in [1.29, 1.82) is 0 Å². The number of nitrogens with two attached hydrogens (primary N) is 1. The maximum Gasteiger partial charge on any atom is 0.402 e. The molecule has 0 radical (unpaired) electrons. The van der Waals surface area contributed by atoms with Crippen LogP contribution < -0.4 is 11.4 Å². The fraction of sp³-hybridized carbons (Fsp3) is 0. The zero-order valence-corrected chi connectivity index (χ0v) is 4.74. The number of carbonyl (C=O) groups is 1. The Bertz CT molecular complexity index is 216. The average Bonchev–Trinajstić information content (AvgIpc) is 2.15. The first-order chi connectivity index (χ1) is 4.63. The summed E-state index contributed by atoms with van der Waals surface area (Å²) in [5, 5.41) is 17.4. The molecule has 10 heavy (non-hydrogen) atoms. The van der Waals surface area contributed by atoms with Gasteiger partial charge in [-0.15, -0.1) is 0 Å². The van der Waals surface area contributed by atoms with Crippen molar-refractivity contribution in [2.45, 2.75) is 0 Å². The third-order valence-corrected chi connectivity index (χ3v) is 0.353. The molecule has 0 aliphatic carbocycles. The fourth-order valence-electron chi connectivity index (χ4n) is 0.166. The summed E-state index contributed by atoms with van der Waals surface area (Å²) in [6.07, 6.45) is -1.33. The van der Waals surface area contributed by atoms with Crippen LogP contribution in [0.1, 0.15) is 0 Å². The molecule has 0 atom stereocenters. The number of hydrogen-bond donors (Lipinski definition) is 4. The molecule has 0 aliphatic heterocycles. The third-order valence-electron chi connectivity index (χ3n) is 0.353. The van der Waals surface area contributed by atoms with Gasteiger partial charge in [0.25, 0.3) is 0 Å². The van der Waals surface area contributed by atoms with Gasteiger partial charge in [0.15, 0.2) is 0 Å². The van der Waals surface area contributed by atoms with Gasteiger partial charge in [-0.25, -0.2) is 19.8 Å². The molecular weight excluding hydrogens is 142 g/mol. The molecule has 0 aliphatic rings. The highest BCUT2D eigenvalue weighted by molar-refractivity contribution is 5.61. The van der Waals surface area contributed by atoms with Gasteiger partial charge < -0.3 is 10.8 Å². The summed E-state index contributed by atoms with van der Waals surface area (Å²) in [6.45, 7) is 0. The lowest BCUT2D eigenvalue weighted by atomic mass is 11.3. The Kier molecular flexibility index (Phi) is 3.31. The summed E-state index contributed by atoms with van der Waals surface area (Å²) in [7, 11) is 0. The molecule has 1 amide bonds. The number of primary amides is 1. The van der Waals surface area contributed by atoms with E-state index in [1.165, 1.54) is 0 Å². The Morgan fingerprint density at radius 3 is 1.90 bits per heavy atom. The van der Waals surface area contributed by atoms with Crippen LogP contribution in [-0.2, 0) is 0 Å². The van der Waals surface area contributed by atoms with Crippen LogP contribution in [0.15, 0.2) is 4.79 Å². The van der Waals surface area contributed by atoms with Gasteiger partial charge >= 0.3 is 11.8 Å². The largest absolute Gasteiger partial charge is 0.465 e. The number of amides is 1. The van der Waals surface area contributed by atoms with Crippen LogP contribution in [0.3, 0.4) is 0 Å². The summed E-state index contributed by atoms with van der Waals surface area (Å²) < 4.78 is 0. The number of carboxylic acid groups (broad SMARTS) is 1. The van der Waals surface area contributed by atoms with Crippen molar-refractivity contribution in [2.24, 2.45) is 5.73 Å².